The Morgan fingerprint density at radius 2 is 2.26 bits per heavy atom. The standard InChI is InChI=1S/C17H14ClN9O4S3.Na/c18-3-8(9-6-33-16(20)21-9)12(28)22-10-13(29)27-11(15(30)31)7(4-32-14(10)27)5-34-17-23-24-25-26(17)2-1-19;/h3,6,10,14H,2,4-5H2,(H2,20,21)(H,22,28)(H,30,31);/q;+1/p-1/b8-3+;. The van der Waals surface area contributed by atoms with Crippen LogP contribution in [0, 0.1) is 11.3 Å². The summed E-state index contributed by atoms with van der Waals surface area (Å²) in [5, 5.41) is 35.8. The number of carboxylic acids is 1. The number of carbonyl (C=O) groups is 3. The van der Waals surface area contributed by atoms with Crippen LogP contribution in [0.5, 0.6) is 0 Å². The zero-order valence-corrected chi connectivity index (χ0v) is 23.1. The van der Waals surface area contributed by atoms with Crippen molar-refractivity contribution >= 4 is 74.9 Å². The van der Waals surface area contributed by atoms with Gasteiger partial charge in [0.1, 0.15) is 18.0 Å². The van der Waals surface area contributed by atoms with Crippen LogP contribution in [0.2, 0.25) is 0 Å². The molecule has 0 bridgehead atoms. The number of rotatable bonds is 8. The summed E-state index contributed by atoms with van der Waals surface area (Å²) >= 11 is 9.35. The molecular weight excluding hydrogens is 549 g/mol. The fraction of sp³-hybridized carbons (Fsp3) is 0.294. The molecule has 1 saturated heterocycles. The van der Waals surface area contributed by atoms with Crippen LogP contribution in [0.15, 0.2) is 27.3 Å². The van der Waals surface area contributed by atoms with Gasteiger partial charge in [-0.25, -0.2) is 9.67 Å². The van der Waals surface area contributed by atoms with E-state index in [1.165, 1.54) is 16.4 Å². The minimum atomic E-state index is -1.50. The molecule has 13 nitrogen and oxygen atoms in total. The smallest absolute Gasteiger partial charge is 0.543 e. The van der Waals surface area contributed by atoms with Gasteiger partial charge in [0, 0.05) is 22.4 Å². The van der Waals surface area contributed by atoms with Crippen LogP contribution in [0.25, 0.3) is 5.57 Å². The second-order valence-corrected chi connectivity index (χ2v) is 9.92. The minimum Gasteiger partial charge on any atom is -0.543 e. The van der Waals surface area contributed by atoms with Crippen LogP contribution in [-0.2, 0) is 20.9 Å². The van der Waals surface area contributed by atoms with E-state index in [1.54, 1.807) is 5.38 Å². The summed E-state index contributed by atoms with van der Waals surface area (Å²) in [6.07, 6.45) is 0. The van der Waals surface area contributed by atoms with Gasteiger partial charge in [-0.15, -0.1) is 28.2 Å². The Bertz CT molecular complexity index is 1270. The van der Waals surface area contributed by atoms with Gasteiger partial charge in [-0.3, -0.25) is 14.5 Å². The van der Waals surface area contributed by atoms with Crippen molar-refractivity contribution in [2.24, 2.45) is 0 Å². The Morgan fingerprint density at radius 1 is 1.49 bits per heavy atom. The van der Waals surface area contributed by atoms with Crippen molar-refractivity contribution in [3.05, 3.63) is 27.9 Å². The number of aromatic nitrogens is 5. The van der Waals surface area contributed by atoms with E-state index in [4.69, 9.17) is 22.6 Å². The fourth-order valence-corrected chi connectivity index (χ4v) is 6.39. The van der Waals surface area contributed by atoms with Crippen molar-refractivity contribution in [3.63, 3.8) is 0 Å². The summed E-state index contributed by atoms with van der Waals surface area (Å²) in [6.45, 7) is -0.0588. The van der Waals surface area contributed by atoms with Gasteiger partial charge < -0.3 is 21.0 Å². The number of hydrogen-bond acceptors (Lipinski definition) is 13. The number of thiazole rings is 1. The van der Waals surface area contributed by atoms with E-state index in [9.17, 15) is 19.5 Å². The zero-order chi connectivity index (χ0) is 24.4. The first-order valence-corrected chi connectivity index (χ1v) is 12.7. The molecule has 2 aliphatic rings. The van der Waals surface area contributed by atoms with Crippen LogP contribution >= 0.6 is 46.5 Å². The molecule has 2 amide bonds. The van der Waals surface area contributed by atoms with Crippen LogP contribution in [0.3, 0.4) is 0 Å². The van der Waals surface area contributed by atoms with Crippen molar-refractivity contribution < 1.29 is 49.0 Å². The topological polar surface area (TPSA) is 196 Å². The Hall–Kier alpha value is -2.13. The van der Waals surface area contributed by atoms with Crippen molar-refractivity contribution in [1.82, 2.24) is 35.4 Å². The van der Waals surface area contributed by atoms with Crippen molar-refractivity contribution in [3.8, 4) is 6.07 Å². The number of tetrazole rings is 1. The van der Waals surface area contributed by atoms with Gasteiger partial charge in [-0.05, 0) is 16.0 Å². The fourth-order valence-electron chi connectivity index (χ4n) is 3.25. The molecule has 18 heteroatoms. The van der Waals surface area contributed by atoms with E-state index < -0.39 is 29.2 Å². The largest absolute Gasteiger partial charge is 1.00 e. The van der Waals surface area contributed by atoms with Crippen LogP contribution < -0.4 is 45.7 Å². The molecule has 0 aliphatic carbocycles. The molecule has 0 radical (unpaired) electrons. The number of halogens is 1. The summed E-state index contributed by atoms with van der Waals surface area (Å²) in [6, 6.07) is 0.973. The Kier molecular flexibility index (Phi) is 9.21. The number of nitrogens with two attached hydrogens (primary N) is 1. The number of nitriles is 1. The van der Waals surface area contributed by atoms with Gasteiger partial charge in [0.15, 0.2) is 5.13 Å². The molecule has 3 N–H and O–H groups in total. The summed E-state index contributed by atoms with van der Waals surface area (Å²) in [7, 11) is 0. The molecule has 2 aromatic heterocycles. The summed E-state index contributed by atoms with van der Waals surface area (Å²) in [5.74, 6) is -2.29. The molecule has 35 heavy (non-hydrogen) atoms. The average Bonchev–Trinajstić information content (AvgIpc) is 3.44. The van der Waals surface area contributed by atoms with Gasteiger partial charge >= 0.3 is 29.6 Å². The Balaban J connectivity index is 0.00000342. The van der Waals surface area contributed by atoms with Crippen LogP contribution in [0.4, 0.5) is 5.13 Å². The van der Waals surface area contributed by atoms with Crippen molar-refractivity contribution in [1.29, 1.82) is 5.26 Å². The molecule has 2 aromatic rings. The first kappa shape index (κ1) is 27.5. The van der Waals surface area contributed by atoms with E-state index in [-0.39, 0.29) is 69.7 Å². The molecule has 0 aromatic carbocycles. The third kappa shape index (κ3) is 5.50. The SMILES string of the molecule is N#CCn1nnnc1SCC1=C(C(=O)[O-])N2C(=O)C(NC(=O)/C(=C/Cl)c3csc(N)n3)C2SC1.[Na+]. The van der Waals surface area contributed by atoms with Crippen molar-refractivity contribution in [2.45, 2.75) is 23.1 Å². The third-order valence-electron chi connectivity index (χ3n) is 4.77. The van der Waals surface area contributed by atoms with Gasteiger partial charge in [0.2, 0.25) is 5.16 Å². The maximum atomic E-state index is 12.8. The van der Waals surface area contributed by atoms with E-state index >= 15 is 0 Å². The number of carbonyl (C=O) groups excluding carboxylic acids is 3. The molecule has 4 heterocycles. The number of fused-ring (bicyclic) bond motifs is 1. The quantitative estimate of drug-likeness (QED) is 0.137. The molecule has 0 spiro atoms. The first-order valence-electron chi connectivity index (χ1n) is 9.32. The Morgan fingerprint density at radius 3 is 2.89 bits per heavy atom. The Labute approximate surface area is 237 Å². The number of nitrogen functional groups attached to an aromatic ring is 1. The minimum absolute atomic E-state index is 0. The summed E-state index contributed by atoms with van der Waals surface area (Å²) in [5.41, 5.74) is 7.14. The molecule has 0 saturated carbocycles. The van der Waals surface area contributed by atoms with Crippen LogP contribution in [-0.4, -0.2) is 70.8 Å². The van der Waals surface area contributed by atoms with E-state index in [0.717, 1.165) is 33.5 Å². The van der Waals surface area contributed by atoms with Gasteiger partial charge in [0.25, 0.3) is 11.8 Å². The van der Waals surface area contributed by atoms with E-state index in [0.29, 0.717) is 10.7 Å². The zero-order valence-electron chi connectivity index (χ0n) is 17.9. The van der Waals surface area contributed by atoms with Gasteiger partial charge in [-0.2, -0.15) is 5.26 Å². The maximum Gasteiger partial charge on any atom is 1.00 e. The number of nitrogens with zero attached hydrogens (tertiary/aromatic N) is 7. The second-order valence-electron chi connectivity index (χ2n) is 6.76. The third-order valence-corrected chi connectivity index (χ3v) is 8.05. The van der Waals surface area contributed by atoms with E-state index in [1.807, 2.05) is 6.07 Å². The summed E-state index contributed by atoms with van der Waals surface area (Å²) < 4.78 is 1.28. The predicted molar refractivity (Wildman–Crippen MR) is 122 cm³/mol. The number of thioether (sulfide) groups is 2. The predicted octanol–water partition coefficient (Wildman–Crippen LogP) is -3.98. The molecule has 2 unspecified atom stereocenters. The maximum absolute atomic E-state index is 12.8. The number of nitrogens with one attached hydrogen (secondary N) is 1. The number of aliphatic carboxylic acids is 1. The van der Waals surface area contributed by atoms with Crippen LogP contribution in [0.1, 0.15) is 5.69 Å². The molecule has 176 valence electrons. The average molecular weight is 562 g/mol. The number of carboxylic acid groups (broad SMARTS) is 1. The number of amides is 2. The first-order chi connectivity index (χ1) is 16.3. The summed E-state index contributed by atoms with van der Waals surface area (Å²) in [4.78, 5) is 42.5. The number of hydrogen-bond donors (Lipinski definition) is 2. The van der Waals surface area contributed by atoms with Gasteiger partial charge in [-0.1, -0.05) is 23.4 Å². The molecule has 1 fully saturated rings. The molecule has 2 aliphatic heterocycles. The second kappa shape index (κ2) is 11.7. The normalized spacial score (nSPS) is 19.4. The number of anilines is 1. The number of β-lactam (4-membered cyclic amide) rings is 1. The monoisotopic (exact) mass is 561 g/mol. The van der Waals surface area contributed by atoms with E-state index in [2.05, 4.69) is 25.8 Å². The molecule has 2 atom stereocenters. The molecular formula is C17H13ClN9NaO4S3. The van der Waals surface area contributed by atoms with Crippen molar-refractivity contribution in [2.75, 3.05) is 17.2 Å². The molecule has 4 rings (SSSR count). The van der Waals surface area contributed by atoms with Gasteiger partial charge in [0.05, 0.1) is 29.0 Å².